The molecule has 3 fully saturated rings. The third-order valence-electron chi connectivity index (χ3n) is 8.28. The zero-order chi connectivity index (χ0) is 19.6. The van der Waals surface area contributed by atoms with E-state index in [9.17, 15) is 0 Å². The Bertz CT molecular complexity index is 488. The van der Waals surface area contributed by atoms with Gasteiger partial charge in [-0.2, -0.15) is 0 Å². The summed E-state index contributed by atoms with van der Waals surface area (Å²) in [7, 11) is 3.17. The Balaban J connectivity index is 2.57. The number of nitrogens with one attached hydrogen (secondary N) is 1. The topological polar surface area (TPSA) is 12.0 Å². The molecule has 7 atom stereocenters. The van der Waals surface area contributed by atoms with E-state index in [0.29, 0.717) is 28.3 Å². The maximum absolute atomic E-state index is 4.11. The van der Waals surface area contributed by atoms with Crippen LogP contribution in [0.3, 0.4) is 0 Å². The molecule has 1 N–H and O–H groups in total. The smallest absolute Gasteiger partial charge is 0.0171 e. The molecule has 0 aromatic rings. The van der Waals surface area contributed by atoms with Crippen molar-refractivity contribution in [3.8, 4) is 0 Å². The van der Waals surface area contributed by atoms with Crippen LogP contribution in [0, 0.1) is 22.7 Å². The van der Waals surface area contributed by atoms with E-state index in [0.717, 1.165) is 5.92 Å². The molecule has 0 aromatic heterocycles. The van der Waals surface area contributed by atoms with Crippen LogP contribution in [0.1, 0.15) is 99.8 Å². The fourth-order valence-electron chi connectivity index (χ4n) is 6.43. The van der Waals surface area contributed by atoms with Crippen LogP contribution in [-0.4, -0.2) is 17.7 Å². The molecule has 26 heavy (non-hydrogen) atoms. The van der Waals surface area contributed by atoms with Crippen molar-refractivity contribution in [2.75, 3.05) is 6.16 Å². The monoisotopic (exact) mass is 379 g/mol. The molecule has 2 heteroatoms. The van der Waals surface area contributed by atoms with Gasteiger partial charge in [-0.25, -0.2) is 0 Å². The SMILES string of the molecule is CCCC1CCCC2(C)CC(N2)C(C)(C(C=C(C)C)CCC)C1(C)CP. The molecular weight excluding hydrogens is 333 g/mol. The molecule has 2 aliphatic heterocycles. The van der Waals surface area contributed by atoms with Crippen molar-refractivity contribution in [1.29, 1.82) is 0 Å². The molecule has 3 rings (SSSR count). The van der Waals surface area contributed by atoms with Crippen LogP contribution in [0.5, 0.6) is 0 Å². The summed E-state index contributed by atoms with van der Waals surface area (Å²) in [5, 5.41) is 4.11. The summed E-state index contributed by atoms with van der Waals surface area (Å²) in [5.41, 5.74) is 2.55. The third-order valence-corrected chi connectivity index (χ3v) is 9.13. The molecular formula is C24H46NP. The van der Waals surface area contributed by atoms with Crippen LogP contribution in [-0.2, 0) is 0 Å². The molecule has 0 amide bonds. The molecule has 152 valence electrons. The van der Waals surface area contributed by atoms with Gasteiger partial charge in [0.25, 0.3) is 0 Å². The lowest BCUT2D eigenvalue weighted by Crippen LogP contribution is -2.71. The van der Waals surface area contributed by atoms with Crippen molar-refractivity contribution in [1.82, 2.24) is 5.32 Å². The van der Waals surface area contributed by atoms with Gasteiger partial charge < -0.3 is 5.32 Å². The van der Waals surface area contributed by atoms with E-state index in [1.165, 1.54) is 63.1 Å². The summed E-state index contributed by atoms with van der Waals surface area (Å²) < 4.78 is 0. The van der Waals surface area contributed by atoms with Gasteiger partial charge in [-0.3, -0.25) is 0 Å². The van der Waals surface area contributed by atoms with Crippen LogP contribution in [0.25, 0.3) is 0 Å². The van der Waals surface area contributed by atoms with Gasteiger partial charge in [-0.05, 0) is 75.3 Å². The first kappa shape index (κ1) is 22.4. The van der Waals surface area contributed by atoms with Gasteiger partial charge in [0.1, 0.15) is 0 Å². The standard InChI is InChI=1S/C24H46NP/c1-8-11-19-13-10-14-22(5)16-21(25-22)24(7,23(19,6)17-26)20(12-9-2)15-18(3)4/h15,19-21,25H,8-14,16-17,26H2,1-7H3. The maximum atomic E-state index is 4.11. The average Bonchev–Trinajstić information content (AvgIpc) is 2.60. The zero-order valence-corrected chi connectivity index (χ0v) is 19.9. The van der Waals surface area contributed by atoms with Crippen molar-refractivity contribution in [2.24, 2.45) is 22.7 Å². The van der Waals surface area contributed by atoms with E-state index in [4.69, 9.17) is 0 Å². The predicted molar refractivity (Wildman–Crippen MR) is 121 cm³/mol. The minimum absolute atomic E-state index is 0.311. The molecule has 0 radical (unpaired) electrons. The van der Waals surface area contributed by atoms with Crippen molar-refractivity contribution in [3.05, 3.63) is 11.6 Å². The lowest BCUT2D eigenvalue weighted by molar-refractivity contribution is -0.0844. The highest BCUT2D eigenvalue weighted by atomic mass is 31.0. The van der Waals surface area contributed by atoms with Crippen LogP contribution in [0.2, 0.25) is 0 Å². The third kappa shape index (κ3) is 3.96. The van der Waals surface area contributed by atoms with Crippen molar-refractivity contribution < 1.29 is 0 Å². The van der Waals surface area contributed by atoms with Gasteiger partial charge in [0.2, 0.25) is 0 Å². The largest absolute Gasteiger partial charge is 0.308 e. The lowest BCUT2D eigenvalue weighted by atomic mass is 9.48. The van der Waals surface area contributed by atoms with E-state index in [-0.39, 0.29) is 0 Å². The average molecular weight is 380 g/mol. The Morgan fingerprint density at radius 3 is 2.35 bits per heavy atom. The van der Waals surface area contributed by atoms with Crippen molar-refractivity contribution in [2.45, 2.75) is 111 Å². The van der Waals surface area contributed by atoms with Gasteiger partial charge in [-0.1, -0.05) is 65.0 Å². The Morgan fingerprint density at radius 2 is 1.85 bits per heavy atom. The number of fused-ring (bicyclic) bond motifs is 5. The predicted octanol–water partition coefficient (Wildman–Crippen LogP) is 6.98. The van der Waals surface area contributed by atoms with Gasteiger partial charge in [-0.15, -0.1) is 9.24 Å². The van der Waals surface area contributed by atoms with E-state index in [1.54, 1.807) is 0 Å². The summed E-state index contributed by atoms with van der Waals surface area (Å²) in [4.78, 5) is 0. The number of rotatable bonds is 7. The Hall–Kier alpha value is 0.130. The molecule has 2 heterocycles. The minimum atomic E-state index is 0.311. The fraction of sp³-hybridized carbons (Fsp3) is 0.917. The van der Waals surface area contributed by atoms with Gasteiger partial charge in [0, 0.05) is 11.6 Å². The lowest BCUT2D eigenvalue weighted by Gasteiger charge is -2.63. The number of hydrogen-bond donors (Lipinski definition) is 1. The normalized spacial score (nSPS) is 41.4. The highest BCUT2D eigenvalue weighted by molar-refractivity contribution is 7.16. The van der Waals surface area contributed by atoms with Gasteiger partial charge in [0.05, 0.1) is 0 Å². The number of allylic oxidation sites excluding steroid dienone is 2. The van der Waals surface area contributed by atoms with Gasteiger partial charge in [0.15, 0.2) is 0 Å². The molecule has 1 saturated carbocycles. The Labute approximate surface area is 166 Å². The maximum Gasteiger partial charge on any atom is 0.0171 e. The van der Waals surface area contributed by atoms with Crippen LogP contribution >= 0.6 is 9.24 Å². The fourth-order valence-corrected chi connectivity index (χ4v) is 7.20. The first-order valence-corrected chi connectivity index (χ1v) is 12.1. The second-order valence-electron chi connectivity index (χ2n) is 10.4. The zero-order valence-electron chi connectivity index (χ0n) is 18.8. The van der Waals surface area contributed by atoms with E-state index in [2.05, 4.69) is 69.1 Å². The van der Waals surface area contributed by atoms with E-state index < -0.39 is 0 Å². The van der Waals surface area contributed by atoms with Crippen LogP contribution in [0.4, 0.5) is 0 Å². The van der Waals surface area contributed by atoms with Crippen LogP contribution < -0.4 is 5.32 Å². The Morgan fingerprint density at radius 1 is 1.19 bits per heavy atom. The summed E-state index contributed by atoms with van der Waals surface area (Å²) in [6.45, 7) is 17.1. The second kappa shape index (κ2) is 8.65. The highest BCUT2D eigenvalue weighted by Crippen LogP contribution is 2.61. The summed E-state index contributed by atoms with van der Waals surface area (Å²) in [6.07, 6.45) is 14.7. The second-order valence-corrected chi connectivity index (χ2v) is 10.8. The molecule has 7 unspecified atom stereocenters. The number of hydrogen-bond acceptors (Lipinski definition) is 1. The van der Waals surface area contributed by atoms with E-state index >= 15 is 0 Å². The first-order chi connectivity index (χ1) is 12.2. The molecule has 1 aliphatic carbocycles. The Kier molecular flexibility index (Phi) is 7.46. The molecule has 1 nitrogen and oxygen atoms in total. The summed E-state index contributed by atoms with van der Waals surface area (Å²) >= 11 is 0. The molecule has 2 saturated heterocycles. The quantitative estimate of drug-likeness (QED) is 0.372. The first-order valence-electron chi connectivity index (χ1n) is 11.3. The van der Waals surface area contributed by atoms with Crippen LogP contribution in [0.15, 0.2) is 11.6 Å². The highest BCUT2D eigenvalue weighted by Gasteiger charge is 2.60. The van der Waals surface area contributed by atoms with Gasteiger partial charge >= 0.3 is 0 Å². The summed E-state index contributed by atoms with van der Waals surface area (Å²) in [6, 6.07) is 0.655. The molecule has 2 bridgehead atoms. The molecule has 3 aliphatic rings. The summed E-state index contributed by atoms with van der Waals surface area (Å²) in [5.74, 6) is 1.51. The molecule has 0 spiro atoms. The minimum Gasteiger partial charge on any atom is -0.308 e. The van der Waals surface area contributed by atoms with Crippen molar-refractivity contribution >= 4 is 9.24 Å². The van der Waals surface area contributed by atoms with E-state index in [1.807, 2.05) is 0 Å². The van der Waals surface area contributed by atoms with Crippen molar-refractivity contribution in [3.63, 3.8) is 0 Å². The molecule has 0 aromatic carbocycles.